The second-order valence-corrected chi connectivity index (χ2v) is 5.31. The lowest BCUT2D eigenvalue weighted by molar-refractivity contribution is 0.178. The van der Waals surface area contributed by atoms with Crippen molar-refractivity contribution in [1.82, 2.24) is 0 Å². The van der Waals surface area contributed by atoms with Crippen LogP contribution in [0.5, 0.6) is 5.75 Å². The fourth-order valence-electron chi connectivity index (χ4n) is 2.67. The van der Waals surface area contributed by atoms with E-state index in [2.05, 4.69) is 26.0 Å². The average Bonchev–Trinajstić information content (AvgIpc) is 2.54. The molecule has 0 saturated heterocycles. The quantitative estimate of drug-likeness (QED) is 0.865. The van der Waals surface area contributed by atoms with Gasteiger partial charge >= 0.3 is 0 Å². The van der Waals surface area contributed by atoms with Crippen LogP contribution in [0.1, 0.15) is 42.2 Å². The number of aliphatic hydroxyl groups excluding tert-OH is 1. The summed E-state index contributed by atoms with van der Waals surface area (Å²) in [5.41, 5.74) is 4.78. The Kier molecular flexibility index (Phi) is 5.40. The number of methoxy groups -OCH3 is 1. The zero-order chi connectivity index (χ0) is 15.2. The van der Waals surface area contributed by atoms with E-state index in [1.807, 2.05) is 30.3 Å². The summed E-state index contributed by atoms with van der Waals surface area (Å²) in [6.07, 6.45) is 2.16. The molecule has 0 bridgehead atoms. The van der Waals surface area contributed by atoms with E-state index in [0.29, 0.717) is 6.42 Å². The number of hydrogen-bond donors (Lipinski definition) is 1. The SMILES string of the molecule is CCc1ccc(C(O)Cc2cccc(OC)c2)cc1CC. The summed E-state index contributed by atoms with van der Waals surface area (Å²) >= 11 is 0. The Labute approximate surface area is 127 Å². The summed E-state index contributed by atoms with van der Waals surface area (Å²) in [6, 6.07) is 14.2. The van der Waals surface area contributed by atoms with Gasteiger partial charge in [-0.05, 0) is 47.2 Å². The zero-order valence-corrected chi connectivity index (χ0v) is 13.1. The molecule has 0 aliphatic carbocycles. The van der Waals surface area contributed by atoms with Gasteiger partial charge in [0.1, 0.15) is 5.75 Å². The molecule has 0 heterocycles. The zero-order valence-electron chi connectivity index (χ0n) is 13.1. The molecule has 1 unspecified atom stereocenters. The minimum Gasteiger partial charge on any atom is -0.497 e. The molecular weight excluding hydrogens is 260 g/mol. The summed E-state index contributed by atoms with van der Waals surface area (Å²) in [5, 5.41) is 10.5. The minimum atomic E-state index is -0.478. The molecule has 0 radical (unpaired) electrons. The van der Waals surface area contributed by atoms with E-state index in [1.165, 1.54) is 11.1 Å². The van der Waals surface area contributed by atoms with Crippen molar-refractivity contribution in [1.29, 1.82) is 0 Å². The van der Waals surface area contributed by atoms with Crippen LogP contribution in [0.25, 0.3) is 0 Å². The molecular formula is C19H24O2. The fourth-order valence-corrected chi connectivity index (χ4v) is 2.67. The van der Waals surface area contributed by atoms with Crippen LogP contribution < -0.4 is 4.74 Å². The van der Waals surface area contributed by atoms with Crippen LogP contribution in [0.4, 0.5) is 0 Å². The molecule has 0 aliphatic rings. The maximum absolute atomic E-state index is 10.5. The molecule has 1 N–H and O–H groups in total. The average molecular weight is 284 g/mol. The van der Waals surface area contributed by atoms with Gasteiger partial charge in [0.2, 0.25) is 0 Å². The Morgan fingerprint density at radius 3 is 2.43 bits per heavy atom. The van der Waals surface area contributed by atoms with Crippen molar-refractivity contribution >= 4 is 0 Å². The Balaban J connectivity index is 2.17. The Bertz CT molecular complexity index is 590. The monoisotopic (exact) mass is 284 g/mol. The van der Waals surface area contributed by atoms with Crippen molar-refractivity contribution in [3.63, 3.8) is 0 Å². The first-order chi connectivity index (χ1) is 10.2. The second kappa shape index (κ2) is 7.28. The molecule has 1 atom stereocenters. The van der Waals surface area contributed by atoms with E-state index in [1.54, 1.807) is 7.11 Å². The highest BCUT2D eigenvalue weighted by molar-refractivity contribution is 5.35. The first-order valence-electron chi connectivity index (χ1n) is 7.60. The van der Waals surface area contributed by atoms with Crippen LogP contribution in [0.2, 0.25) is 0 Å². The van der Waals surface area contributed by atoms with Crippen LogP contribution in [-0.4, -0.2) is 12.2 Å². The number of hydrogen-bond acceptors (Lipinski definition) is 2. The lowest BCUT2D eigenvalue weighted by Gasteiger charge is -2.15. The summed E-state index contributed by atoms with van der Waals surface area (Å²) < 4.78 is 5.23. The number of ether oxygens (including phenoxy) is 1. The van der Waals surface area contributed by atoms with Crippen molar-refractivity contribution in [3.05, 3.63) is 64.7 Å². The number of aliphatic hydroxyl groups is 1. The number of rotatable bonds is 6. The van der Waals surface area contributed by atoms with Gasteiger partial charge in [-0.3, -0.25) is 0 Å². The van der Waals surface area contributed by atoms with Crippen molar-refractivity contribution in [2.24, 2.45) is 0 Å². The van der Waals surface area contributed by atoms with Gasteiger partial charge in [0.25, 0.3) is 0 Å². The summed E-state index contributed by atoms with van der Waals surface area (Å²) in [7, 11) is 1.66. The Hall–Kier alpha value is -1.80. The molecule has 2 heteroatoms. The molecule has 0 amide bonds. The first-order valence-corrected chi connectivity index (χ1v) is 7.60. The molecule has 0 fully saturated rings. The smallest absolute Gasteiger partial charge is 0.119 e. The third kappa shape index (κ3) is 3.85. The topological polar surface area (TPSA) is 29.5 Å². The van der Waals surface area contributed by atoms with Crippen LogP contribution in [0, 0.1) is 0 Å². The van der Waals surface area contributed by atoms with E-state index < -0.39 is 6.10 Å². The normalized spacial score (nSPS) is 12.2. The molecule has 2 rings (SSSR count). The Morgan fingerprint density at radius 1 is 1.00 bits per heavy atom. The maximum Gasteiger partial charge on any atom is 0.119 e. The van der Waals surface area contributed by atoms with Gasteiger partial charge in [0, 0.05) is 6.42 Å². The molecule has 2 aromatic rings. The number of benzene rings is 2. The summed E-state index contributed by atoms with van der Waals surface area (Å²) in [6.45, 7) is 4.33. The number of aryl methyl sites for hydroxylation is 2. The van der Waals surface area contributed by atoms with Crippen LogP contribution in [0.15, 0.2) is 42.5 Å². The summed E-state index contributed by atoms with van der Waals surface area (Å²) in [4.78, 5) is 0. The lowest BCUT2D eigenvalue weighted by atomic mass is 9.95. The van der Waals surface area contributed by atoms with Crippen molar-refractivity contribution < 1.29 is 9.84 Å². The second-order valence-electron chi connectivity index (χ2n) is 5.31. The Morgan fingerprint density at radius 2 is 1.76 bits per heavy atom. The van der Waals surface area contributed by atoms with E-state index >= 15 is 0 Å². The molecule has 0 saturated carbocycles. The molecule has 2 nitrogen and oxygen atoms in total. The van der Waals surface area contributed by atoms with Gasteiger partial charge in [-0.25, -0.2) is 0 Å². The molecule has 0 spiro atoms. The van der Waals surface area contributed by atoms with Gasteiger partial charge in [-0.1, -0.05) is 44.2 Å². The van der Waals surface area contributed by atoms with Gasteiger partial charge in [0.05, 0.1) is 13.2 Å². The highest BCUT2D eigenvalue weighted by Crippen LogP contribution is 2.23. The van der Waals surface area contributed by atoms with E-state index in [-0.39, 0.29) is 0 Å². The minimum absolute atomic E-state index is 0.478. The van der Waals surface area contributed by atoms with E-state index in [4.69, 9.17) is 4.74 Å². The van der Waals surface area contributed by atoms with Crippen molar-refractivity contribution in [2.75, 3.05) is 7.11 Å². The molecule has 21 heavy (non-hydrogen) atoms. The van der Waals surface area contributed by atoms with Gasteiger partial charge in [0.15, 0.2) is 0 Å². The first kappa shape index (κ1) is 15.6. The molecule has 0 aliphatic heterocycles. The largest absolute Gasteiger partial charge is 0.497 e. The van der Waals surface area contributed by atoms with E-state index in [0.717, 1.165) is 29.7 Å². The molecule has 112 valence electrons. The third-order valence-corrected chi connectivity index (χ3v) is 3.94. The van der Waals surface area contributed by atoms with Gasteiger partial charge < -0.3 is 9.84 Å². The third-order valence-electron chi connectivity index (χ3n) is 3.94. The predicted octanol–water partition coefficient (Wildman–Crippen LogP) is 4.10. The predicted molar refractivity (Wildman–Crippen MR) is 86.9 cm³/mol. The fraction of sp³-hybridized carbons (Fsp3) is 0.368. The lowest BCUT2D eigenvalue weighted by Crippen LogP contribution is -2.04. The standard InChI is InChI=1S/C19H24O2/c1-4-15-9-10-17(13-16(15)5-2)19(20)12-14-7-6-8-18(11-14)21-3/h6-11,13,19-20H,4-5,12H2,1-3H3. The van der Waals surface area contributed by atoms with Crippen molar-refractivity contribution in [2.45, 2.75) is 39.2 Å². The van der Waals surface area contributed by atoms with Crippen LogP contribution >= 0.6 is 0 Å². The highest BCUT2D eigenvalue weighted by atomic mass is 16.5. The van der Waals surface area contributed by atoms with Gasteiger partial charge in [-0.15, -0.1) is 0 Å². The van der Waals surface area contributed by atoms with Crippen molar-refractivity contribution in [3.8, 4) is 5.75 Å². The maximum atomic E-state index is 10.5. The summed E-state index contributed by atoms with van der Waals surface area (Å²) in [5.74, 6) is 0.829. The van der Waals surface area contributed by atoms with Crippen LogP contribution in [-0.2, 0) is 19.3 Å². The van der Waals surface area contributed by atoms with Gasteiger partial charge in [-0.2, -0.15) is 0 Å². The van der Waals surface area contributed by atoms with Crippen LogP contribution in [0.3, 0.4) is 0 Å². The molecule has 2 aromatic carbocycles. The highest BCUT2D eigenvalue weighted by Gasteiger charge is 2.11. The molecule has 0 aromatic heterocycles. The van der Waals surface area contributed by atoms with E-state index in [9.17, 15) is 5.11 Å².